The van der Waals surface area contributed by atoms with Gasteiger partial charge in [-0.25, -0.2) is 4.98 Å². The monoisotopic (exact) mass is 295 g/mol. The van der Waals surface area contributed by atoms with Crippen molar-refractivity contribution in [2.45, 2.75) is 13.8 Å². The molecule has 0 atom stereocenters. The molecule has 1 aromatic carbocycles. The van der Waals surface area contributed by atoms with Crippen LogP contribution in [0.5, 0.6) is 0 Å². The van der Waals surface area contributed by atoms with Crippen LogP contribution in [0.1, 0.15) is 23.0 Å². The van der Waals surface area contributed by atoms with Crippen molar-refractivity contribution in [2.75, 3.05) is 0 Å². The summed E-state index contributed by atoms with van der Waals surface area (Å²) in [6.07, 6.45) is 0. The van der Waals surface area contributed by atoms with Gasteiger partial charge < -0.3 is 0 Å². The molecule has 4 heteroatoms. The van der Waals surface area contributed by atoms with Crippen molar-refractivity contribution >= 4 is 33.0 Å². The number of thiazole rings is 1. The smallest absolute Gasteiger partial charge is 0.178 e. The number of halogens is 1. The van der Waals surface area contributed by atoms with Crippen molar-refractivity contribution in [3.63, 3.8) is 0 Å². The van der Waals surface area contributed by atoms with E-state index in [1.54, 1.807) is 5.38 Å². The minimum Gasteiger partial charge on any atom is -0.293 e. The van der Waals surface area contributed by atoms with Crippen LogP contribution in [-0.2, 0) is 0 Å². The Kier molecular flexibility index (Phi) is 3.21. The number of hydrogen-bond acceptors (Lipinski definition) is 3. The first-order valence-corrected chi connectivity index (χ1v) is 6.48. The molecule has 0 unspecified atom stereocenters. The van der Waals surface area contributed by atoms with Gasteiger partial charge in [0.1, 0.15) is 10.7 Å². The molecular weight excluding hydrogens is 286 g/mol. The summed E-state index contributed by atoms with van der Waals surface area (Å²) in [5, 5.41) is 2.69. The summed E-state index contributed by atoms with van der Waals surface area (Å²) in [4.78, 5) is 15.5. The number of carbonyl (C=O) groups excluding carboxylic acids is 1. The van der Waals surface area contributed by atoms with E-state index in [2.05, 4.69) is 27.0 Å². The third-order valence-electron chi connectivity index (χ3n) is 2.27. The molecule has 1 aromatic heterocycles. The molecule has 0 aliphatic carbocycles. The van der Waals surface area contributed by atoms with E-state index >= 15 is 0 Å². The SMILES string of the molecule is CC(=O)c1csc(-c2ccc(Br)c(C)c2)n1. The minimum atomic E-state index is 0.0105. The first-order chi connectivity index (χ1) is 7.58. The molecule has 0 amide bonds. The van der Waals surface area contributed by atoms with E-state index in [4.69, 9.17) is 0 Å². The minimum absolute atomic E-state index is 0.0105. The molecule has 2 nitrogen and oxygen atoms in total. The number of benzene rings is 1. The van der Waals surface area contributed by atoms with Crippen molar-refractivity contribution in [1.82, 2.24) is 4.98 Å². The van der Waals surface area contributed by atoms with Crippen LogP contribution in [0.4, 0.5) is 0 Å². The predicted octanol–water partition coefficient (Wildman–Crippen LogP) is 4.08. The van der Waals surface area contributed by atoms with Gasteiger partial charge in [0.2, 0.25) is 0 Å². The fraction of sp³-hybridized carbons (Fsp3) is 0.167. The average molecular weight is 296 g/mol. The van der Waals surface area contributed by atoms with E-state index in [-0.39, 0.29) is 5.78 Å². The van der Waals surface area contributed by atoms with E-state index < -0.39 is 0 Å². The van der Waals surface area contributed by atoms with Gasteiger partial charge >= 0.3 is 0 Å². The second-order valence-electron chi connectivity index (χ2n) is 3.56. The molecule has 0 saturated carbocycles. The molecule has 0 N–H and O–H groups in total. The molecule has 2 rings (SSSR count). The molecular formula is C12H10BrNOS. The summed E-state index contributed by atoms with van der Waals surface area (Å²) in [6, 6.07) is 6.06. The zero-order chi connectivity index (χ0) is 11.7. The van der Waals surface area contributed by atoms with Crippen LogP contribution in [-0.4, -0.2) is 10.8 Å². The number of aromatic nitrogens is 1. The Balaban J connectivity index is 2.42. The van der Waals surface area contributed by atoms with Crippen LogP contribution in [0.25, 0.3) is 10.6 Å². The van der Waals surface area contributed by atoms with E-state index in [1.807, 2.05) is 19.1 Å². The van der Waals surface area contributed by atoms with Gasteiger partial charge in [-0.05, 0) is 24.6 Å². The highest BCUT2D eigenvalue weighted by molar-refractivity contribution is 9.10. The number of nitrogens with zero attached hydrogens (tertiary/aromatic N) is 1. The van der Waals surface area contributed by atoms with Gasteiger partial charge in [0.15, 0.2) is 5.78 Å². The van der Waals surface area contributed by atoms with Crippen LogP contribution in [0.15, 0.2) is 28.1 Å². The maximum atomic E-state index is 11.1. The zero-order valence-electron chi connectivity index (χ0n) is 8.95. The summed E-state index contributed by atoms with van der Waals surface area (Å²) in [6.45, 7) is 3.57. The Labute approximate surface area is 106 Å². The van der Waals surface area contributed by atoms with Crippen molar-refractivity contribution in [2.24, 2.45) is 0 Å². The van der Waals surface area contributed by atoms with E-state index in [0.717, 1.165) is 20.6 Å². The lowest BCUT2D eigenvalue weighted by molar-refractivity contribution is 0.101. The van der Waals surface area contributed by atoms with Gasteiger partial charge in [-0.15, -0.1) is 11.3 Å². The van der Waals surface area contributed by atoms with Crippen LogP contribution < -0.4 is 0 Å². The Hall–Kier alpha value is -1.00. The molecule has 0 radical (unpaired) electrons. The van der Waals surface area contributed by atoms with Crippen LogP contribution >= 0.6 is 27.3 Å². The Morgan fingerprint density at radius 2 is 2.19 bits per heavy atom. The van der Waals surface area contributed by atoms with Crippen molar-refractivity contribution in [1.29, 1.82) is 0 Å². The lowest BCUT2D eigenvalue weighted by atomic mass is 10.1. The van der Waals surface area contributed by atoms with Gasteiger partial charge in [0, 0.05) is 22.3 Å². The lowest BCUT2D eigenvalue weighted by Crippen LogP contribution is -1.91. The van der Waals surface area contributed by atoms with E-state index in [9.17, 15) is 4.79 Å². The van der Waals surface area contributed by atoms with Crippen LogP contribution in [0.2, 0.25) is 0 Å². The molecule has 0 bridgehead atoms. The van der Waals surface area contributed by atoms with Gasteiger partial charge in [0.05, 0.1) is 0 Å². The van der Waals surface area contributed by atoms with Crippen molar-refractivity contribution in [3.8, 4) is 10.6 Å². The molecule has 1 heterocycles. The number of aryl methyl sites for hydroxylation is 1. The third kappa shape index (κ3) is 2.23. The van der Waals surface area contributed by atoms with E-state index in [0.29, 0.717) is 5.69 Å². The number of hydrogen-bond donors (Lipinski definition) is 0. The second-order valence-corrected chi connectivity index (χ2v) is 5.27. The quantitative estimate of drug-likeness (QED) is 0.781. The Bertz CT molecular complexity index is 548. The Morgan fingerprint density at radius 3 is 2.75 bits per heavy atom. The first-order valence-electron chi connectivity index (χ1n) is 4.81. The van der Waals surface area contributed by atoms with Gasteiger partial charge in [0.25, 0.3) is 0 Å². The molecule has 0 saturated heterocycles. The summed E-state index contributed by atoms with van der Waals surface area (Å²) < 4.78 is 1.08. The van der Waals surface area contributed by atoms with E-state index in [1.165, 1.54) is 18.3 Å². The Morgan fingerprint density at radius 1 is 1.44 bits per heavy atom. The topological polar surface area (TPSA) is 30.0 Å². The molecule has 0 spiro atoms. The standard InChI is InChI=1S/C12H10BrNOS/c1-7-5-9(3-4-10(7)13)12-14-11(6-16-12)8(2)15/h3-6H,1-2H3. The maximum absolute atomic E-state index is 11.1. The van der Waals surface area contributed by atoms with Gasteiger partial charge in [-0.3, -0.25) is 4.79 Å². The highest BCUT2D eigenvalue weighted by Gasteiger charge is 2.08. The largest absolute Gasteiger partial charge is 0.293 e. The summed E-state index contributed by atoms with van der Waals surface area (Å²) in [5.41, 5.74) is 2.76. The molecule has 0 fully saturated rings. The highest BCUT2D eigenvalue weighted by atomic mass is 79.9. The number of carbonyl (C=O) groups is 1. The third-order valence-corrected chi connectivity index (χ3v) is 4.05. The van der Waals surface area contributed by atoms with Crippen LogP contribution in [0.3, 0.4) is 0 Å². The molecule has 0 aliphatic heterocycles. The van der Waals surface area contributed by atoms with Gasteiger partial charge in [-0.1, -0.05) is 22.0 Å². The van der Waals surface area contributed by atoms with Crippen molar-refractivity contribution < 1.29 is 4.79 Å². The molecule has 2 aromatic rings. The fourth-order valence-electron chi connectivity index (χ4n) is 1.35. The fourth-order valence-corrected chi connectivity index (χ4v) is 2.45. The summed E-state index contributed by atoms with van der Waals surface area (Å²) in [5.74, 6) is 0.0105. The second kappa shape index (κ2) is 4.47. The summed E-state index contributed by atoms with van der Waals surface area (Å²) in [7, 11) is 0. The number of rotatable bonds is 2. The van der Waals surface area contributed by atoms with Gasteiger partial charge in [-0.2, -0.15) is 0 Å². The number of ketones is 1. The molecule has 16 heavy (non-hydrogen) atoms. The average Bonchev–Trinajstić information content (AvgIpc) is 2.71. The maximum Gasteiger partial charge on any atom is 0.178 e. The first kappa shape index (κ1) is 11.5. The molecule has 0 aliphatic rings. The normalized spacial score (nSPS) is 10.4. The predicted molar refractivity (Wildman–Crippen MR) is 70.0 cm³/mol. The summed E-state index contributed by atoms with van der Waals surface area (Å²) >= 11 is 4.96. The number of Topliss-reactive ketones (excluding diaryl/α,β-unsaturated/α-hetero) is 1. The van der Waals surface area contributed by atoms with Crippen LogP contribution in [0, 0.1) is 6.92 Å². The lowest BCUT2D eigenvalue weighted by Gasteiger charge is -2.00. The zero-order valence-corrected chi connectivity index (χ0v) is 11.4. The van der Waals surface area contributed by atoms with Crippen molar-refractivity contribution in [3.05, 3.63) is 39.3 Å². The molecule has 82 valence electrons. The highest BCUT2D eigenvalue weighted by Crippen LogP contribution is 2.27.